The van der Waals surface area contributed by atoms with Crippen LogP contribution in [0.5, 0.6) is 5.75 Å². The van der Waals surface area contributed by atoms with Crippen molar-refractivity contribution in [3.05, 3.63) is 64.3 Å². The van der Waals surface area contributed by atoms with Gasteiger partial charge >= 0.3 is 11.9 Å². The molecule has 2 aromatic carbocycles. The number of halogens is 1. The number of amides is 1. The molecule has 0 aliphatic carbocycles. The van der Waals surface area contributed by atoms with E-state index in [1.54, 1.807) is 36.4 Å². The van der Waals surface area contributed by atoms with E-state index in [0.717, 1.165) is 7.11 Å². The topological polar surface area (TPSA) is 103 Å². The van der Waals surface area contributed by atoms with Crippen LogP contribution in [0.4, 0.5) is 11.4 Å². The Morgan fingerprint density at radius 1 is 1.14 bits per heavy atom. The van der Waals surface area contributed by atoms with E-state index in [1.165, 1.54) is 13.2 Å². The summed E-state index contributed by atoms with van der Waals surface area (Å²) in [5.74, 6) is -1.82. The molecule has 0 saturated heterocycles. The Kier molecular flexibility index (Phi) is 4.43. The van der Waals surface area contributed by atoms with E-state index in [0.29, 0.717) is 22.1 Å². The van der Waals surface area contributed by atoms with Crippen LogP contribution in [0.1, 0.15) is 5.56 Å². The van der Waals surface area contributed by atoms with Crippen LogP contribution in [0.3, 0.4) is 0 Å². The molecule has 9 heteroatoms. The molecule has 1 spiro atoms. The molecule has 1 amide bonds. The van der Waals surface area contributed by atoms with E-state index in [4.69, 9.17) is 25.8 Å². The number of nitrogens with one attached hydrogen (secondary N) is 2. The summed E-state index contributed by atoms with van der Waals surface area (Å²) in [7, 11) is 2.68. The lowest BCUT2D eigenvalue weighted by molar-refractivity contribution is -0.156. The molecule has 0 aromatic heterocycles. The van der Waals surface area contributed by atoms with Gasteiger partial charge in [-0.15, -0.1) is 0 Å². The average Bonchev–Trinajstić information content (AvgIpc) is 3.16. The molecule has 0 bridgehead atoms. The molecule has 0 saturated carbocycles. The van der Waals surface area contributed by atoms with Gasteiger partial charge in [0.2, 0.25) is 0 Å². The standard InChI is InChI=1S/C20H15ClN2O6/c1-27-12-6-4-11(5-7-12)22-16-15(17(24)28-2)20(29-18(16)25)13-9-10(21)3-8-14(13)23-19(20)26/h3-9,22H,1-2H3,(H,23,26). The van der Waals surface area contributed by atoms with Crippen LogP contribution < -0.4 is 15.4 Å². The summed E-state index contributed by atoms with van der Waals surface area (Å²) in [4.78, 5) is 38.3. The van der Waals surface area contributed by atoms with Crippen molar-refractivity contribution >= 4 is 40.8 Å². The first-order valence-corrected chi connectivity index (χ1v) is 8.87. The molecule has 0 radical (unpaired) electrons. The van der Waals surface area contributed by atoms with Crippen LogP contribution in [0.25, 0.3) is 0 Å². The van der Waals surface area contributed by atoms with Crippen molar-refractivity contribution in [1.82, 2.24) is 0 Å². The zero-order valence-corrected chi connectivity index (χ0v) is 16.1. The first-order chi connectivity index (χ1) is 13.9. The van der Waals surface area contributed by atoms with Gasteiger partial charge in [-0.2, -0.15) is 0 Å². The Hall–Kier alpha value is -3.52. The Morgan fingerprint density at radius 3 is 2.52 bits per heavy atom. The maximum atomic E-state index is 12.9. The summed E-state index contributed by atoms with van der Waals surface area (Å²) in [6, 6.07) is 11.3. The third-order valence-corrected chi connectivity index (χ3v) is 4.96. The second-order valence-electron chi connectivity index (χ2n) is 6.31. The van der Waals surface area contributed by atoms with Crippen LogP contribution in [0.2, 0.25) is 5.02 Å². The molecule has 0 fully saturated rings. The minimum Gasteiger partial charge on any atom is -0.497 e. The van der Waals surface area contributed by atoms with Crippen LogP contribution in [0.15, 0.2) is 53.7 Å². The third kappa shape index (κ3) is 2.80. The fraction of sp³-hybridized carbons (Fsp3) is 0.150. The lowest BCUT2D eigenvalue weighted by Gasteiger charge is -2.22. The fourth-order valence-corrected chi connectivity index (χ4v) is 3.57. The molecule has 2 aliphatic heterocycles. The maximum Gasteiger partial charge on any atom is 0.357 e. The van der Waals surface area contributed by atoms with Gasteiger partial charge in [-0.1, -0.05) is 11.6 Å². The largest absolute Gasteiger partial charge is 0.497 e. The molecule has 29 heavy (non-hydrogen) atoms. The molecule has 1 atom stereocenters. The zero-order chi connectivity index (χ0) is 20.8. The summed E-state index contributed by atoms with van der Waals surface area (Å²) < 4.78 is 15.5. The third-order valence-electron chi connectivity index (χ3n) is 4.73. The number of anilines is 2. The highest BCUT2D eigenvalue weighted by Gasteiger charge is 2.62. The maximum absolute atomic E-state index is 12.9. The molecule has 4 rings (SSSR count). The molecular weight excluding hydrogens is 400 g/mol. The predicted octanol–water partition coefficient (Wildman–Crippen LogP) is 2.59. The summed E-state index contributed by atoms with van der Waals surface area (Å²) >= 11 is 6.09. The Labute approximate surface area is 170 Å². The number of ether oxygens (including phenoxy) is 3. The summed E-state index contributed by atoms with van der Waals surface area (Å²) in [6.45, 7) is 0. The van der Waals surface area contributed by atoms with Gasteiger partial charge in [0.25, 0.3) is 11.5 Å². The molecule has 2 N–H and O–H groups in total. The number of carbonyl (C=O) groups excluding carboxylic acids is 3. The van der Waals surface area contributed by atoms with Crippen molar-refractivity contribution in [2.75, 3.05) is 24.9 Å². The minimum atomic E-state index is -1.99. The average molecular weight is 415 g/mol. The van der Waals surface area contributed by atoms with Gasteiger partial charge in [0.1, 0.15) is 17.0 Å². The van der Waals surface area contributed by atoms with Crippen molar-refractivity contribution in [3.63, 3.8) is 0 Å². The highest BCUT2D eigenvalue weighted by Crippen LogP contribution is 2.50. The van der Waals surface area contributed by atoms with Crippen LogP contribution in [0, 0.1) is 0 Å². The number of hydrogen-bond acceptors (Lipinski definition) is 7. The minimum absolute atomic E-state index is 0.190. The lowest BCUT2D eigenvalue weighted by Crippen LogP contribution is -2.39. The molecule has 148 valence electrons. The van der Waals surface area contributed by atoms with Gasteiger partial charge in [-0.05, 0) is 42.5 Å². The van der Waals surface area contributed by atoms with E-state index in [-0.39, 0.29) is 16.8 Å². The fourth-order valence-electron chi connectivity index (χ4n) is 3.40. The number of rotatable bonds is 4. The molecule has 2 aliphatic rings. The van der Waals surface area contributed by atoms with Crippen molar-refractivity contribution < 1.29 is 28.6 Å². The van der Waals surface area contributed by atoms with Crippen LogP contribution >= 0.6 is 11.6 Å². The Morgan fingerprint density at radius 2 is 1.86 bits per heavy atom. The summed E-state index contributed by atoms with van der Waals surface area (Å²) in [5, 5.41) is 5.80. The van der Waals surface area contributed by atoms with Crippen molar-refractivity contribution in [1.29, 1.82) is 0 Å². The van der Waals surface area contributed by atoms with Gasteiger partial charge in [0.15, 0.2) is 0 Å². The second-order valence-corrected chi connectivity index (χ2v) is 6.75. The van der Waals surface area contributed by atoms with E-state index < -0.39 is 23.4 Å². The van der Waals surface area contributed by atoms with Crippen molar-refractivity contribution in [3.8, 4) is 5.75 Å². The van der Waals surface area contributed by atoms with Gasteiger partial charge in [-0.25, -0.2) is 9.59 Å². The molecular formula is C20H15ClN2O6. The predicted molar refractivity (Wildman–Crippen MR) is 104 cm³/mol. The van der Waals surface area contributed by atoms with Gasteiger partial charge < -0.3 is 24.8 Å². The number of carbonyl (C=O) groups is 3. The molecule has 1 unspecified atom stereocenters. The quantitative estimate of drug-likeness (QED) is 0.741. The Balaban J connectivity index is 1.88. The number of benzene rings is 2. The van der Waals surface area contributed by atoms with E-state index in [9.17, 15) is 14.4 Å². The van der Waals surface area contributed by atoms with E-state index in [2.05, 4.69) is 10.6 Å². The van der Waals surface area contributed by atoms with Gasteiger partial charge in [-0.3, -0.25) is 4.79 Å². The number of esters is 2. The first-order valence-electron chi connectivity index (χ1n) is 8.49. The lowest BCUT2D eigenvalue weighted by atomic mass is 9.87. The van der Waals surface area contributed by atoms with Gasteiger partial charge in [0, 0.05) is 22.0 Å². The van der Waals surface area contributed by atoms with Crippen molar-refractivity contribution in [2.24, 2.45) is 0 Å². The zero-order valence-electron chi connectivity index (χ0n) is 15.4. The monoisotopic (exact) mass is 414 g/mol. The Bertz CT molecular complexity index is 1080. The first kappa shape index (κ1) is 18.8. The second kappa shape index (κ2) is 6.82. The molecule has 8 nitrogen and oxygen atoms in total. The van der Waals surface area contributed by atoms with E-state index >= 15 is 0 Å². The highest BCUT2D eigenvalue weighted by atomic mass is 35.5. The van der Waals surface area contributed by atoms with Gasteiger partial charge in [0.05, 0.1) is 14.2 Å². The molecule has 2 aromatic rings. The van der Waals surface area contributed by atoms with E-state index in [1.807, 2.05) is 0 Å². The normalized spacial score (nSPS) is 19.7. The molecule has 2 heterocycles. The number of methoxy groups -OCH3 is 2. The SMILES string of the molecule is COC(=O)C1=C(Nc2ccc(OC)cc2)C(=O)OC12C(=O)Nc1ccc(Cl)cc12. The summed E-state index contributed by atoms with van der Waals surface area (Å²) in [5.41, 5.74) is -1.29. The highest BCUT2D eigenvalue weighted by molar-refractivity contribution is 6.31. The number of hydrogen-bond donors (Lipinski definition) is 2. The summed E-state index contributed by atoms with van der Waals surface area (Å²) in [6.07, 6.45) is 0. The number of fused-ring (bicyclic) bond motifs is 2. The van der Waals surface area contributed by atoms with Crippen LogP contribution in [-0.4, -0.2) is 32.1 Å². The van der Waals surface area contributed by atoms with Crippen LogP contribution in [-0.2, 0) is 29.5 Å². The smallest absolute Gasteiger partial charge is 0.357 e. The van der Waals surface area contributed by atoms with Crippen molar-refractivity contribution in [2.45, 2.75) is 5.60 Å².